The Hall–Kier alpha value is -2.01. The molecular formula is C19H24N2. The van der Waals surface area contributed by atoms with Crippen molar-refractivity contribution in [1.82, 2.24) is 0 Å². The zero-order valence-electron chi connectivity index (χ0n) is 13.1. The predicted molar refractivity (Wildman–Crippen MR) is 90.7 cm³/mol. The van der Waals surface area contributed by atoms with Crippen LogP contribution in [0.1, 0.15) is 45.1 Å². The number of hydrogen-bond acceptors (Lipinski definition) is 2. The molecule has 0 saturated carbocycles. The van der Waals surface area contributed by atoms with E-state index in [1.807, 2.05) is 12.1 Å². The molecule has 2 aromatic carbocycles. The third-order valence-corrected chi connectivity index (χ3v) is 3.93. The zero-order valence-corrected chi connectivity index (χ0v) is 13.1. The third-order valence-electron chi connectivity index (χ3n) is 3.93. The van der Waals surface area contributed by atoms with Crippen molar-refractivity contribution in [2.24, 2.45) is 0 Å². The first-order chi connectivity index (χ1) is 10.3. The number of nitriles is 1. The molecule has 0 radical (unpaired) electrons. The molecule has 2 rings (SSSR count). The summed E-state index contributed by atoms with van der Waals surface area (Å²) >= 11 is 0. The van der Waals surface area contributed by atoms with Crippen LogP contribution in [0, 0.1) is 11.3 Å². The Morgan fingerprint density at radius 3 is 2.10 bits per heavy atom. The van der Waals surface area contributed by atoms with Crippen LogP contribution in [0.4, 0.5) is 5.69 Å². The van der Waals surface area contributed by atoms with Gasteiger partial charge in [-0.25, -0.2) is 0 Å². The van der Waals surface area contributed by atoms with E-state index >= 15 is 0 Å². The lowest BCUT2D eigenvalue weighted by Gasteiger charge is -2.26. The molecule has 2 aromatic rings. The van der Waals surface area contributed by atoms with Gasteiger partial charge in [-0.15, -0.1) is 0 Å². The van der Waals surface area contributed by atoms with Crippen molar-refractivity contribution in [2.45, 2.75) is 39.5 Å². The van der Waals surface area contributed by atoms with Crippen LogP contribution in [-0.2, 0) is 0 Å². The number of unbranched alkanes of at least 4 members (excludes halogenated alkanes) is 2. The van der Waals surface area contributed by atoms with E-state index in [0.717, 1.165) is 24.0 Å². The molecule has 0 fully saturated rings. The van der Waals surface area contributed by atoms with Gasteiger partial charge in [-0.2, -0.15) is 5.26 Å². The van der Waals surface area contributed by atoms with E-state index in [4.69, 9.17) is 0 Å². The van der Waals surface area contributed by atoms with Crippen LogP contribution in [0.2, 0.25) is 0 Å². The Bertz CT molecular complexity index is 617. The highest BCUT2D eigenvalue weighted by atomic mass is 15.1. The fourth-order valence-electron chi connectivity index (χ4n) is 2.71. The highest BCUT2D eigenvalue weighted by molar-refractivity contribution is 5.97. The molecule has 2 nitrogen and oxygen atoms in total. The molecule has 0 spiro atoms. The number of nitrogens with zero attached hydrogens (tertiary/aromatic N) is 2. The van der Waals surface area contributed by atoms with E-state index in [1.54, 1.807) is 0 Å². The van der Waals surface area contributed by atoms with Gasteiger partial charge in [0.05, 0.1) is 11.6 Å². The summed E-state index contributed by atoms with van der Waals surface area (Å²) < 4.78 is 0. The number of benzene rings is 2. The molecule has 0 aliphatic heterocycles. The van der Waals surface area contributed by atoms with E-state index < -0.39 is 0 Å². The second-order valence-corrected chi connectivity index (χ2v) is 5.48. The summed E-state index contributed by atoms with van der Waals surface area (Å²) in [5.41, 5.74) is 2.03. The summed E-state index contributed by atoms with van der Waals surface area (Å²) in [6.45, 7) is 6.64. The topological polar surface area (TPSA) is 27.0 Å². The van der Waals surface area contributed by atoms with Gasteiger partial charge < -0.3 is 4.90 Å². The first-order valence-corrected chi connectivity index (χ1v) is 7.98. The maximum atomic E-state index is 9.28. The fraction of sp³-hybridized carbons (Fsp3) is 0.421. The van der Waals surface area contributed by atoms with E-state index in [-0.39, 0.29) is 0 Å². The van der Waals surface area contributed by atoms with Crippen LogP contribution in [0.15, 0.2) is 36.4 Å². The van der Waals surface area contributed by atoms with Crippen LogP contribution >= 0.6 is 0 Å². The number of fused-ring (bicyclic) bond motifs is 1. The summed E-state index contributed by atoms with van der Waals surface area (Å²) in [6.07, 6.45) is 4.82. The molecule has 21 heavy (non-hydrogen) atoms. The maximum Gasteiger partial charge on any atom is 0.0998 e. The quantitative estimate of drug-likeness (QED) is 0.704. The predicted octanol–water partition coefficient (Wildman–Crippen LogP) is 5.12. The summed E-state index contributed by atoms with van der Waals surface area (Å²) in [6, 6.07) is 14.6. The van der Waals surface area contributed by atoms with Crippen molar-refractivity contribution in [3.63, 3.8) is 0 Å². The molecule has 0 aromatic heterocycles. The molecule has 0 atom stereocenters. The monoisotopic (exact) mass is 280 g/mol. The SMILES string of the molecule is CCCCN(CCCC)c1ccc(C#N)c2ccccc12. The maximum absolute atomic E-state index is 9.28. The molecule has 2 heteroatoms. The van der Waals surface area contributed by atoms with Crippen LogP contribution in [-0.4, -0.2) is 13.1 Å². The van der Waals surface area contributed by atoms with Crippen molar-refractivity contribution in [1.29, 1.82) is 5.26 Å². The van der Waals surface area contributed by atoms with E-state index in [9.17, 15) is 5.26 Å². The number of hydrogen-bond donors (Lipinski definition) is 0. The molecule has 110 valence electrons. The lowest BCUT2D eigenvalue weighted by Crippen LogP contribution is -2.25. The van der Waals surface area contributed by atoms with Gasteiger partial charge in [-0.3, -0.25) is 0 Å². The fourth-order valence-corrected chi connectivity index (χ4v) is 2.71. The molecule has 0 aliphatic rings. The van der Waals surface area contributed by atoms with Crippen LogP contribution in [0.3, 0.4) is 0 Å². The van der Waals surface area contributed by atoms with Crippen LogP contribution in [0.5, 0.6) is 0 Å². The summed E-state index contributed by atoms with van der Waals surface area (Å²) in [7, 11) is 0. The van der Waals surface area contributed by atoms with Crippen molar-refractivity contribution in [3.05, 3.63) is 42.0 Å². The standard InChI is InChI=1S/C19H24N2/c1-3-5-13-21(14-6-4-2)19-12-11-16(15-20)17-9-7-8-10-18(17)19/h7-12H,3-6,13-14H2,1-2H3. The van der Waals surface area contributed by atoms with Crippen LogP contribution < -0.4 is 4.90 Å². The summed E-state index contributed by atoms with van der Waals surface area (Å²) in [4.78, 5) is 2.48. The van der Waals surface area contributed by atoms with Crippen molar-refractivity contribution < 1.29 is 0 Å². The molecular weight excluding hydrogens is 256 g/mol. The Morgan fingerprint density at radius 2 is 1.52 bits per heavy atom. The largest absolute Gasteiger partial charge is 0.371 e. The molecule has 0 bridgehead atoms. The number of anilines is 1. The van der Waals surface area contributed by atoms with E-state index in [2.05, 4.69) is 49.1 Å². The van der Waals surface area contributed by atoms with Gasteiger partial charge in [0.1, 0.15) is 0 Å². The summed E-state index contributed by atoms with van der Waals surface area (Å²) in [5, 5.41) is 11.5. The van der Waals surface area contributed by atoms with Crippen molar-refractivity contribution >= 4 is 16.5 Å². The van der Waals surface area contributed by atoms with Gasteiger partial charge in [0.2, 0.25) is 0 Å². The average Bonchev–Trinajstić information content (AvgIpc) is 2.54. The normalized spacial score (nSPS) is 10.5. The van der Waals surface area contributed by atoms with Gasteiger partial charge in [0, 0.05) is 29.5 Å². The van der Waals surface area contributed by atoms with Gasteiger partial charge in [0.25, 0.3) is 0 Å². The smallest absolute Gasteiger partial charge is 0.0998 e. The van der Waals surface area contributed by atoms with Gasteiger partial charge >= 0.3 is 0 Å². The third kappa shape index (κ3) is 3.55. The number of rotatable bonds is 7. The zero-order chi connectivity index (χ0) is 15.1. The Balaban J connectivity index is 2.44. The Kier molecular flexibility index (Phi) is 5.63. The van der Waals surface area contributed by atoms with Gasteiger partial charge in [-0.05, 0) is 25.0 Å². The lowest BCUT2D eigenvalue weighted by atomic mass is 10.0. The van der Waals surface area contributed by atoms with Gasteiger partial charge in [0.15, 0.2) is 0 Å². The molecule has 0 saturated heterocycles. The average molecular weight is 280 g/mol. The van der Waals surface area contributed by atoms with E-state index in [1.165, 1.54) is 36.8 Å². The highest BCUT2D eigenvalue weighted by Crippen LogP contribution is 2.29. The minimum absolute atomic E-state index is 0.764. The second kappa shape index (κ2) is 7.69. The molecule has 0 N–H and O–H groups in total. The van der Waals surface area contributed by atoms with Crippen LogP contribution in [0.25, 0.3) is 10.8 Å². The van der Waals surface area contributed by atoms with Crippen molar-refractivity contribution in [3.8, 4) is 6.07 Å². The summed E-state index contributed by atoms with van der Waals surface area (Å²) in [5.74, 6) is 0. The Labute approximate surface area is 128 Å². The Morgan fingerprint density at radius 1 is 0.905 bits per heavy atom. The minimum Gasteiger partial charge on any atom is -0.371 e. The van der Waals surface area contributed by atoms with Gasteiger partial charge in [-0.1, -0.05) is 51.0 Å². The highest BCUT2D eigenvalue weighted by Gasteiger charge is 2.11. The first kappa shape index (κ1) is 15.4. The first-order valence-electron chi connectivity index (χ1n) is 7.98. The second-order valence-electron chi connectivity index (χ2n) is 5.48. The molecule has 0 amide bonds. The molecule has 0 aliphatic carbocycles. The molecule has 0 unspecified atom stereocenters. The lowest BCUT2D eigenvalue weighted by molar-refractivity contribution is 0.679. The van der Waals surface area contributed by atoms with Crippen molar-refractivity contribution in [2.75, 3.05) is 18.0 Å². The molecule has 0 heterocycles. The minimum atomic E-state index is 0.764. The van der Waals surface area contributed by atoms with E-state index in [0.29, 0.717) is 0 Å².